The third-order valence-corrected chi connectivity index (χ3v) is 3.42. The quantitative estimate of drug-likeness (QED) is 0.900. The molecule has 3 rings (SSSR count). The van der Waals surface area contributed by atoms with Crippen molar-refractivity contribution in [3.8, 4) is 11.6 Å². The van der Waals surface area contributed by atoms with E-state index >= 15 is 0 Å². The first-order valence-corrected chi connectivity index (χ1v) is 7.21. The molecule has 1 aromatic heterocycles. The number of ether oxygens (including phenoxy) is 1. The summed E-state index contributed by atoms with van der Waals surface area (Å²) in [4.78, 5) is 4.41. The molecule has 4 heteroatoms. The van der Waals surface area contributed by atoms with Crippen LogP contribution in [0.1, 0.15) is 24.1 Å². The van der Waals surface area contributed by atoms with E-state index in [4.69, 9.17) is 16.3 Å². The number of aromatic nitrogens is 1. The molecule has 1 N–H and O–H groups in total. The van der Waals surface area contributed by atoms with Gasteiger partial charge in [0.15, 0.2) is 0 Å². The summed E-state index contributed by atoms with van der Waals surface area (Å²) in [5, 5.41) is 4.15. The summed E-state index contributed by atoms with van der Waals surface area (Å²) in [7, 11) is 0. The van der Waals surface area contributed by atoms with Crippen LogP contribution >= 0.6 is 11.6 Å². The predicted molar refractivity (Wildman–Crippen MR) is 80.4 cm³/mol. The predicted octanol–water partition coefficient (Wildman–Crippen LogP) is 4.09. The molecular weight excluding hydrogens is 272 g/mol. The lowest BCUT2D eigenvalue weighted by Gasteiger charge is -2.09. The van der Waals surface area contributed by atoms with Crippen molar-refractivity contribution >= 4 is 11.6 Å². The number of halogens is 1. The monoisotopic (exact) mass is 288 g/mol. The number of hydrogen-bond donors (Lipinski definition) is 1. The van der Waals surface area contributed by atoms with Gasteiger partial charge in [-0.15, -0.1) is 0 Å². The van der Waals surface area contributed by atoms with Crippen LogP contribution in [-0.4, -0.2) is 11.0 Å². The summed E-state index contributed by atoms with van der Waals surface area (Å²) >= 11 is 5.95. The highest BCUT2D eigenvalue weighted by Gasteiger charge is 2.20. The van der Waals surface area contributed by atoms with Crippen molar-refractivity contribution in [2.24, 2.45) is 0 Å². The Kier molecular flexibility index (Phi) is 3.90. The average molecular weight is 289 g/mol. The Morgan fingerprint density at radius 2 is 2.15 bits per heavy atom. The first kappa shape index (κ1) is 13.4. The van der Waals surface area contributed by atoms with Gasteiger partial charge in [0.05, 0.1) is 0 Å². The molecular formula is C16H17ClN2O. The van der Waals surface area contributed by atoms with E-state index in [1.807, 2.05) is 31.2 Å². The van der Waals surface area contributed by atoms with Gasteiger partial charge in [-0.25, -0.2) is 4.98 Å². The van der Waals surface area contributed by atoms with Crippen molar-refractivity contribution in [2.75, 3.05) is 0 Å². The van der Waals surface area contributed by atoms with Gasteiger partial charge in [-0.05, 0) is 49.6 Å². The molecule has 104 valence electrons. The largest absolute Gasteiger partial charge is 0.439 e. The maximum Gasteiger partial charge on any atom is 0.219 e. The van der Waals surface area contributed by atoms with Crippen LogP contribution in [0, 0.1) is 6.92 Å². The van der Waals surface area contributed by atoms with E-state index in [9.17, 15) is 0 Å². The van der Waals surface area contributed by atoms with Gasteiger partial charge in [0.25, 0.3) is 0 Å². The van der Waals surface area contributed by atoms with E-state index in [1.165, 1.54) is 18.4 Å². The number of hydrogen-bond acceptors (Lipinski definition) is 3. The molecule has 0 saturated heterocycles. The second kappa shape index (κ2) is 5.81. The molecule has 0 unspecified atom stereocenters. The number of rotatable bonds is 5. The normalized spacial score (nSPS) is 14.3. The van der Waals surface area contributed by atoms with E-state index in [0.717, 1.165) is 12.2 Å². The Morgan fingerprint density at radius 3 is 2.90 bits per heavy atom. The summed E-state index contributed by atoms with van der Waals surface area (Å²) in [5.41, 5.74) is 2.15. The van der Waals surface area contributed by atoms with E-state index in [2.05, 4.69) is 16.4 Å². The van der Waals surface area contributed by atoms with Gasteiger partial charge < -0.3 is 10.1 Å². The maximum absolute atomic E-state index is 5.95. The highest BCUT2D eigenvalue weighted by Crippen LogP contribution is 2.24. The fourth-order valence-electron chi connectivity index (χ4n) is 2.06. The van der Waals surface area contributed by atoms with Gasteiger partial charge in [-0.3, -0.25) is 0 Å². The molecule has 0 amide bonds. The van der Waals surface area contributed by atoms with E-state index < -0.39 is 0 Å². The van der Waals surface area contributed by atoms with Crippen molar-refractivity contribution in [3.63, 3.8) is 0 Å². The van der Waals surface area contributed by atoms with Crippen molar-refractivity contribution in [2.45, 2.75) is 32.4 Å². The van der Waals surface area contributed by atoms with Gasteiger partial charge >= 0.3 is 0 Å². The van der Waals surface area contributed by atoms with Crippen LogP contribution in [0.3, 0.4) is 0 Å². The molecule has 1 aliphatic carbocycles. The molecule has 3 nitrogen and oxygen atoms in total. The zero-order valence-corrected chi connectivity index (χ0v) is 12.2. The van der Waals surface area contributed by atoms with Gasteiger partial charge in [0.1, 0.15) is 5.75 Å². The number of nitrogens with one attached hydrogen (secondary N) is 1. The summed E-state index contributed by atoms with van der Waals surface area (Å²) in [6.07, 6.45) is 2.58. The van der Waals surface area contributed by atoms with Crippen molar-refractivity contribution < 1.29 is 4.74 Å². The third-order valence-electron chi connectivity index (χ3n) is 3.18. The summed E-state index contributed by atoms with van der Waals surface area (Å²) < 4.78 is 5.78. The third kappa shape index (κ3) is 3.71. The van der Waals surface area contributed by atoms with Crippen LogP contribution in [0.15, 0.2) is 36.4 Å². The summed E-state index contributed by atoms with van der Waals surface area (Å²) in [6.45, 7) is 2.84. The van der Waals surface area contributed by atoms with E-state index in [0.29, 0.717) is 22.7 Å². The summed E-state index contributed by atoms with van der Waals surface area (Å²) in [5.74, 6) is 1.32. The standard InChI is InChI=1S/C16H17ClN2O/c1-11-7-12(10-18-14-5-6-14)8-16(19-11)20-15-4-2-3-13(17)9-15/h2-4,7-9,14,18H,5-6,10H2,1H3. The maximum atomic E-state index is 5.95. The zero-order chi connectivity index (χ0) is 13.9. The molecule has 1 heterocycles. The zero-order valence-electron chi connectivity index (χ0n) is 11.4. The average Bonchev–Trinajstić information content (AvgIpc) is 3.20. The Balaban J connectivity index is 1.74. The molecule has 20 heavy (non-hydrogen) atoms. The Bertz CT molecular complexity index is 611. The second-order valence-electron chi connectivity index (χ2n) is 5.17. The smallest absolute Gasteiger partial charge is 0.219 e. The minimum Gasteiger partial charge on any atom is -0.439 e. The van der Waals surface area contributed by atoms with Crippen LogP contribution in [-0.2, 0) is 6.54 Å². The Labute approximate surface area is 123 Å². The molecule has 0 aliphatic heterocycles. The molecule has 0 atom stereocenters. The van der Waals surface area contributed by atoms with Gasteiger partial charge in [0, 0.05) is 29.4 Å². The van der Waals surface area contributed by atoms with Crippen molar-refractivity contribution in [3.05, 3.63) is 52.7 Å². The highest BCUT2D eigenvalue weighted by atomic mass is 35.5. The molecule has 0 bridgehead atoms. The highest BCUT2D eigenvalue weighted by molar-refractivity contribution is 6.30. The molecule has 1 aromatic carbocycles. The molecule has 1 aliphatic rings. The fourth-order valence-corrected chi connectivity index (χ4v) is 2.24. The first-order chi connectivity index (χ1) is 9.69. The molecule has 0 spiro atoms. The lowest BCUT2D eigenvalue weighted by atomic mass is 10.2. The number of aryl methyl sites for hydroxylation is 1. The minimum atomic E-state index is 0.611. The van der Waals surface area contributed by atoms with Crippen molar-refractivity contribution in [1.29, 1.82) is 0 Å². The minimum absolute atomic E-state index is 0.611. The number of nitrogens with zero attached hydrogens (tertiary/aromatic N) is 1. The topological polar surface area (TPSA) is 34.1 Å². The first-order valence-electron chi connectivity index (χ1n) is 6.83. The fraction of sp³-hybridized carbons (Fsp3) is 0.312. The lowest BCUT2D eigenvalue weighted by Crippen LogP contribution is -2.15. The lowest BCUT2D eigenvalue weighted by molar-refractivity contribution is 0.460. The summed E-state index contributed by atoms with van der Waals surface area (Å²) in [6, 6.07) is 12.1. The van der Waals surface area contributed by atoms with E-state index in [1.54, 1.807) is 6.07 Å². The molecule has 0 radical (unpaired) electrons. The van der Waals surface area contributed by atoms with Crippen molar-refractivity contribution in [1.82, 2.24) is 10.3 Å². The molecule has 1 fully saturated rings. The molecule has 2 aromatic rings. The van der Waals surface area contributed by atoms with Crippen LogP contribution in [0.25, 0.3) is 0 Å². The Morgan fingerprint density at radius 1 is 1.30 bits per heavy atom. The van der Waals surface area contributed by atoms with E-state index in [-0.39, 0.29) is 0 Å². The number of pyridine rings is 1. The van der Waals surface area contributed by atoms with Gasteiger partial charge in [-0.1, -0.05) is 17.7 Å². The van der Waals surface area contributed by atoms with Crippen LogP contribution in [0.5, 0.6) is 11.6 Å². The van der Waals surface area contributed by atoms with Crippen LogP contribution in [0.4, 0.5) is 0 Å². The number of benzene rings is 1. The molecule has 1 saturated carbocycles. The van der Waals surface area contributed by atoms with Crippen LogP contribution in [0.2, 0.25) is 5.02 Å². The second-order valence-corrected chi connectivity index (χ2v) is 5.61. The van der Waals surface area contributed by atoms with Crippen LogP contribution < -0.4 is 10.1 Å². The van der Waals surface area contributed by atoms with Gasteiger partial charge in [-0.2, -0.15) is 0 Å². The SMILES string of the molecule is Cc1cc(CNC2CC2)cc(Oc2cccc(Cl)c2)n1. The Hall–Kier alpha value is -1.58. The van der Waals surface area contributed by atoms with Gasteiger partial charge in [0.2, 0.25) is 5.88 Å².